The van der Waals surface area contributed by atoms with Gasteiger partial charge in [-0.25, -0.2) is 0 Å². The molecule has 0 unspecified atom stereocenters. The lowest BCUT2D eigenvalue weighted by Gasteiger charge is -2.26. The fourth-order valence-corrected chi connectivity index (χ4v) is 3.03. The van der Waals surface area contributed by atoms with Crippen molar-refractivity contribution >= 4 is 0 Å². The van der Waals surface area contributed by atoms with Gasteiger partial charge in [-0.3, -0.25) is 0 Å². The molecule has 0 fully saturated rings. The van der Waals surface area contributed by atoms with Crippen molar-refractivity contribution in [1.82, 2.24) is 0 Å². The van der Waals surface area contributed by atoms with Gasteiger partial charge in [-0.15, -0.1) is 0 Å². The summed E-state index contributed by atoms with van der Waals surface area (Å²) in [6, 6.07) is 21.6. The maximum absolute atomic E-state index is 2.43. The Morgan fingerprint density at radius 2 is 1.11 bits per heavy atom. The second kappa shape index (κ2) is 4.09. The molecule has 1 aliphatic rings. The molecule has 0 aliphatic heterocycles. The molecule has 0 N–H and O–H groups in total. The average Bonchev–Trinajstić information content (AvgIpc) is 3.18. The molecule has 0 bridgehead atoms. The van der Waals surface area contributed by atoms with E-state index in [2.05, 4.69) is 87.5 Å². The van der Waals surface area contributed by atoms with Crippen molar-refractivity contribution in [3.63, 3.8) is 0 Å². The van der Waals surface area contributed by atoms with Crippen LogP contribution < -0.4 is 0 Å². The lowest BCUT2D eigenvalue weighted by molar-refractivity contribution is 0.495. The van der Waals surface area contributed by atoms with E-state index in [-0.39, 0.29) is 10.8 Å². The van der Waals surface area contributed by atoms with E-state index < -0.39 is 0 Å². The quantitative estimate of drug-likeness (QED) is 0.659. The topological polar surface area (TPSA) is 0 Å². The zero-order valence-electron chi connectivity index (χ0n) is 11.9. The highest BCUT2D eigenvalue weighted by Crippen LogP contribution is 2.58. The van der Waals surface area contributed by atoms with E-state index in [4.69, 9.17) is 0 Å². The van der Waals surface area contributed by atoms with E-state index in [1.54, 1.807) is 0 Å². The fourth-order valence-electron chi connectivity index (χ4n) is 3.03. The van der Waals surface area contributed by atoms with E-state index >= 15 is 0 Å². The first-order valence-electron chi connectivity index (χ1n) is 6.90. The van der Waals surface area contributed by atoms with Crippen LogP contribution in [0, 0.1) is 5.41 Å². The summed E-state index contributed by atoms with van der Waals surface area (Å²) in [6.45, 7) is 6.89. The molecule has 0 heteroatoms. The van der Waals surface area contributed by atoms with Crippen LogP contribution in [0.2, 0.25) is 0 Å². The predicted molar refractivity (Wildman–Crippen MR) is 81.2 cm³/mol. The molecule has 96 valence electrons. The first-order valence-corrected chi connectivity index (χ1v) is 6.90. The van der Waals surface area contributed by atoms with Gasteiger partial charge in [-0.05, 0) is 22.1 Å². The number of hydrogen-bond acceptors (Lipinski definition) is 0. The number of rotatable bonds is 2. The summed E-state index contributed by atoms with van der Waals surface area (Å²) in [6.07, 6.45) is 2.43. The molecule has 2 aromatic carbocycles. The van der Waals surface area contributed by atoms with Crippen molar-refractivity contribution in [2.24, 2.45) is 5.41 Å². The van der Waals surface area contributed by atoms with Gasteiger partial charge in [0.2, 0.25) is 0 Å². The Kier molecular flexibility index (Phi) is 2.63. The van der Waals surface area contributed by atoms with Crippen LogP contribution in [0.5, 0.6) is 0 Å². The van der Waals surface area contributed by atoms with Crippen molar-refractivity contribution in [3.05, 3.63) is 83.4 Å². The maximum Gasteiger partial charge on any atom is 0.0601 e. The van der Waals surface area contributed by atoms with E-state index in [9.17, 15) is 0 Å². The Labute approximate surface area is 115 Å². The second-order valence-electron chi connectivity index (χ2n) is 6.35. The zero-order chi connectivity index (χ0) is 13.5. The van der Waals surface area contributed by atoms with Gasteiger partial charge in [-0.1, -0.05) is 87.5 Å². The fraction of sp³-hybridized carbons (Fsp3) is 0.263. The van der Waals surface area contributed by atoms with Crippen LogP contribution in [0.25, 0.3) is 0 Å². The van der Waals surface area contributed by atoms with Crippen molar-refractivity contribution < 1.29 is 0 Å². The van der Waals surface area contributed by atoms with Gasteiger partial charge >= 0.3 is 0 Å². The normalized spacial score (nSPS) is 16.9. The standard InChI is InChI=1S/C19H20/c1-18(2,3)17-14-19(17,15-10-6-4-7-11-15)16-12-8-5-9-13-16/h4-14H,1-3H3. The Morgan fingerprint density at radius 3 is 1.42 bits per heavy atom. The molecule has 0 saturated carbocycles. The van der Waals surface area contributed by atoms with E-state index in [0.29, 0.717) is 0 Å². The molecule has 2 aromatic rings. The Hall–Kier alpha value is -1.82. The Morgan fingerprint density at radius 1 is 0.684 bits per heavy atom. The summed E-state index contributed by atoms with van der Waals surface area (Å²) in [7, 11) is 0. The summed E-state index contributed by atoms with van der Waals surface area (Å²) < 4.78 is 0. The monoisotopic (exact) mass is 248 g/mol. The molecule has 0 saturated heterocycles. The molecule has 0 atom stereocenters. The van der Waals surface area contributed by atoms with Crippen LogP contribution in [0.3, 0.4) is 0 Å². The van der Waals surface area contributed by atoms with Crippen LogP contribution in [-0.2, 0) is 5.41 Å². The van der Waals surface area contributed by atoms with Gasteiger partial charge in [0.25, 0.3) is 0 Å². The molecule has 0 heterocycles. The summed E-state index contributed by atoms with van der Waals surface area (Å²) in [5.41, 5.74) is 4.53. The minimum atomic E-state index is 0.0285. The van der Waals surface area contributed by atoms with Crippen molar-refractivity contribution in [2.45, 2.75) is 26.2 Å². The molecule has 0 amide bonds. The molecule has 0 radical (unpaired) electrons. The second-order valence-corrected chi connectivity index (χ2v) is 6.35. The third-order valence-electron chi connectivity index (χ3n) is 3.97. The molecule has 19 heavy (non-hydrogen) atoms. The van der Waals surface area contributed by atoms with E-state index in [1.165, 1.54) is 16.7 Å². The number of hydrogen-bond donors (Lipinski definition) is 0. The van der Waals surface area contributed by atoms with E-state index in [1.807, 2.05) is 0 Å². The molecule has 0 spiro atoms. The maximum atomic E-state index is 2.43. The van der Waals surface area contributed by atoms with Gasteiger partial charge in [-0.2, -0.15) is 0 Å². The predicted octanol–water partition coefficient (Wildman–Crippen LogP) is 4.96. The summed E-state index contributed by atoms with van der Waals surface area (Å²) in [5, 5.41) is 0. The summed E-state index contributed by atoms with van der Waals surface area (Å²) in [4.78, 5) is 0. The van der Waals surface area contributed by atoms with Crippen molar-refractivity contribution in [2.75, 3.05) is 0 Å². The zero-order valence-corrected chi connectivity index (χ0v) is 11.9. The Bertz CT molecular complexity index is 558. The minimum Gasteiger partial charge on any atom is -0.0642 e. The van der Waals surface area contributed by atoms with Crippen LogP contribution in [0.1, 0.15) is 31.9 Å². The lowest BCUT2D eigenvalue weighted by Crippen LogP contribution is -2.19. The average molecular weight is 248 g/mol. The smallest absolute Gasteiger partial charge is 0.0601 e. The number of allylic oxidation sites excluding steroid dienone is 2. The molecular weight excluding hydrogens is 228 g/mol. The molecule has 3 rings (SSSR count). The van der Waals surface area contributed by atoms with Crippen LogP contribution >= 0.6 is 0 Å². The van der Waals surface area contributed by atoms with Crippen molar-refractivity contribution in [3.8, 4) is 0 Å². The highest BCUT2D eigenvalue weighted by atomic mass is 14.5. The largest absolute Gasteiger partial charge is 0.0642 e. The van der Waals surface area contributed by atoms with Gasteiger partial charge < -0.3 is 0 Å². The highest BCUT2D eigenvalue weighted by molar-refractivity contribution is 5.66. The van der Waals surface area contributed by atoms with E-state index in [0.717, 1.165) is 0 Å². The first-order chi connectivity index (χ1) is 9.05. The third kappa shape index (κ3) is 1.92. The summed E-state index contributed by atoms with van der Waals surface area (Å²) in [5.74, 6) is 0. The lowest BCUT2D eigenvalue weighted by atomic mass is 9.76. The molecular formula is C19H20. The van der Waals surface area contributed by atoms with Gasteiger partial charge in [0.05, 0.1) is 5.41 Å². The Balaban J connectivity index is 2.11. The number of benzene rings is 2. The third-order valence-corrected chi connectivity index (χ3v) is 3.97. The van der Waals surface area contributed by atoms with Crippen molar-refractivity contribution in [1.29, 1.82) is 0 Å². The SMILES string of the molecule is CC(C)(C)C1=CC1(c1ccccc1)c1ccccc1. The molecule has 1 aliphatic carbocycles. The summed E-state index contributed by atoms with van der Waals surface area (Å²) >= 11 is 0. The molecule has 0 nitrogen and oxygen atoms in total. The van der Waals surface area contributed by atoms with Gasteiger partial charge in [0, 0.05) is 0 Å². The van der Waals surface area contributed by atoms with Crippen LogP contribution in [-0.4, -0.2) is 0 Å². The highest BCUT2D eigenvalue weighted by Gasteiger charge is 2.51. The van der Waals surface area contributed by atoms with Gasteiger partial charge in [0.1, 0.15) is 0 Å². The minimum absolute atomic E-state index is 0.0285. The molecule has 0 aromatic heterocycles. The van der Waals surface area contributed by atoms with Crippen LogP contribution in [0.4, 0.5) is 0 Å². The van der Waals surface area contributed by atoms with Crippen LogP contribution in [0.15, 0.2) is 72.3 Å². The first kappa shape index (κ1) is 12.2. The van der Waals surface area contributed by atoms with Gasteiger partial charge in [0.15, 0.2) is 0 Å².